The fraction of sp³-hybridized carbons (Fsp3) is 0.481. The number of ether oxygens (including phenoxy) is 2. The maximum absolute atomic E-state index is 13.8. The third-order valence-electron chi connectivity index (χ3n) is 7.28. The fourth-order valence-corrected chi connectivity index (χ4v) is 5.62. The molecule has 0 unspecified atom stereocenters. The number of methoxy groups -OCH3 is 1. The Morgan fingerprint density at radius 2 is 2.09 bits per heavy atom. The molecular weight excluding hydrogens is 444 g/mol. The van der Waals surface area contributed by atoms with Crippen LogP contribution in [-0.4, -0.2) is 72.2 Å². The average molecular weight is 479 g/mol. The minimum absolute atomic E-state index is 0.137. The van der Waals surface area contributed by atoms with E-state index in [9.17, 15) is 9.59 Å². The van der Waals surface area contributed by atoms with Crippen LogP contribution in [0.15, 0.2) is 42.0 Å². The molecule has 3 amide bonds. The minimum atomic E-state index is -0.954. The van der Waals surface area contributed by atoms with E-state index in [2.05, 4.69) is 28.5 Å². The number of fused-ring (bicyclic) bond motifs is 4. The third-order valence-corrected chi connectivity index (χ3v) is 7.28. The summed E-state index contributed by atoms with van der Waals surface area (Å²) in [4.78, 5) is 34.4. The molecule has 0 bridgehead atoms. The molecule has 1 aromatic heterocycles. The minimum Gasteiger partial charge on any atom is -0.494 e. The number of nitrogens with zero attached hydrogens (tertiary/aromatic N) is 2. The van der Waals surface area contributed by atoms with Crippen LogP contribution in [0.3, 0.4) is 0 Å². The van der Waals surface area contributed by atoms with Crippen molar-refractivity contribution in [3.63, 3.8) is 0 Å². The van der Waals surface area contributed by atoms with E-state index in [-0.39, 0.29) is 18.0 Å². The van der Waals surface area contributed by atoms with Crippen LogP contribution < -0.4 is 10.1 Å². The first-order chi connectivity index (χ1) is 17.0. The monoisotopic (exact) mass is 478 g/mol. The van der Waals surface area contributed by atoms with Gasteiger partial charge in [-0.2, -0.15) is 0 Å². The summed E-state index contributed by atoms with van der Waals surface area (Å²) >= 11 is 0. The summed E-state index contributed by atoms with van der Waals surface area (Å²) in [5.41, 5.74) is 3.18. The highest BCUT2D eigenvalue weighted by Crippen LogP contribution is 2.49. The molecule has 2 aliphatic heterocycles. The zero-order valence-electron chi connectivity index (χ0n) is 20.7. The van der Waals surface area contributed by atoms with Crippen LogP contribution in [0.1, 0.15) is 44.0 Å². The van der Waals surface area contributed by atoms with Gasteiger partial charge in [0.25, 0.3) is 5.91 Å². The number of aromatic nitrogens is 1. The SMILES string of the molecule is CCOc1ccc2[nH]c3c(c2c1)C[C@@]1(C)C(=O)N(CCNCCOC)C(=O)N1[C@@H]3C1=CCCC=C1. The number of nitrogens with one attached hydrogen (secondary N) is 2. The number of benzene rings is 1. The normalized spacial score (nSPS) is 23.6. The number of H-pyrrole nitrogens is 1. The van der Waals surface area contributed by atoms with Crippen LogP contribution in [0.2, 0.25) is 0 Å². The first kappa shape index (κ1) is 23.6. The summed E-state index contributed by atoms with van der Waals surface area (Å²) in [7, 11) is 1.65. The lowest BCUT2D eigenvalue weighted by Gasteiger charge is -2.43. The van der Waals surface area contributed by atoms with Crippen LogP contribution in [0, 0.1) is 0 Å². The van der Waals surface area contributed by atoms with Crippen molar-refractivity contribution >= 4 is 22.8 Å². The average Bonchev–Trinajstić information content (AvgIpc) is 3.30. The van der Waals surface area contributed by atoms with E-state index in [4.69, 9.17) is 9.47 Å². The number of hydrogen-bond donors (Lipinski definition) is 2. The summed E-state index contributed by atoms with van der Waals surface area (Å²) in [5.74, 6) is 0.669. The molecule has 1 saturated heterocycles. The smallest absolute Gasteiger partial charge is 0.328 e. The lowest BCUT2D eigenvalue weighted by atomic mass is 9.80. The second-order valence-corrected chi connectivity index (χ2v) is 9.55. The number of rotatable bonds is 9. The van der Waals surface area contributed by atoms with E-state index >= 15 is 0 Å². The topological polar surface area (TPSA) is 86.9 Å². The molecule has 35 heavy (non-hydrogen) atoms. The molecule has 186 valence electrons. The van der Waals surface area contributed by atoms with Gasteiger partial charge in [0.15, 0.2) is 0 Å². The van der Waals surface area contributed by atoms with Crippen LogP contribution in [0.4, 0.5) is 4.79 Å². The maximum Gasteiger partial charge on any atom is 0.328 e. The highest BCUT2D eigenvalue weighted by atomic mass is 16.5. The van der Waals surface area contributed by atoms with Crippen molar-refractivity contribution in [1.82, 2.24) is 20.1 Å². The number of allylic oxidation sites excluding steroid dienone is 2. The molecule has 1 fully saturated rings. The van der Waals surface area contributed by atoms with E-state index in [1.54, 1.807) is 7.11 Å². The van der Waals surface area contributed by atoms with Crippen LogP contribution in [-0.2, 0) is 16.0 Å². The standard InChI is InChI=1S/C27H34N4O4/c1-4-35-19-10-11-22-20(16-19)21-17-27(2)25(32)30(14-12-28-13-15-34-3)26(33)31(27)24(23(21)29-22)18-8-6-5-7-9-18/h6,8-11,16,24,28-29H,4-5,7,12-15,17H2,1-3H3/t24-,27+/m1/s1. The number of imide groups is 1. The predicted molar refractivity (Wildman–Crippen MR) is 134 cm³/mol. The van der Waals surface area contributed by atoms with Gasteiger partial charge in [-0.25, -0.2) is 4.79 Å². The molecule has 2 atom stereocenters. The Morgan fingerprint density at radius 1 is 1.23 bits per heavy atom. The van der Waals surface area contributed by atoms with Gasteiger partial charge in [0, 0.05) is 49.8 Å². The largest absolute Gasteiger partial charge is 0.494 e. The van der Waals surface area contributed by atoms with Gasteiger partial charge in [-0.1, -0.05) is 18.2 Å². The number of aromatic amines is 1. The zero-order valence-corrected chi connectivity index (χ0v) is 20.7. The molecule has 1 aromatic carbocycles. The van der Waals surface area contributed by atoms with Crippen LogP contribution in [0.5, 0.6) is 5.75 Å². The number of hydrogen-bond acceptors (Lipinski definition) is 5. The van der Waals surface area contributed by atoms with Crippen molar-refractivity contribution in [3.8, 4) is 5.75 Å². The summed E-state index contributed by atoms with van der Waals surface area (Å²) in [5, 5.41) is 4.30. The molecule has 0 radical (unpaired) electrons. The Morgan fingerprint density at radius 3 is 2.83 bits per heavy atom. The van der Waals surface area contributed by atoms with Gasteiger partial charge in [0.1, 0.15) is 11.3 Å². The molecule has 8 nitrogen and oxygen atoms in total. The molecule has 3 heterocycles. The molecule has 3 aliphatic rings. The Bertz CT molecular complexity index is 1200. The van der Waals surface area contributed by atoms with Gasteiger partial charge in [-0.15, -0.1) is 0 Å². The molecule has 5 rings (SSSR count). The van der Waals surface area contributed by atoms with Crippen molar-refractivity contribution in [3.05, 3.63) is 53.3 Å². The molecule has 2 aromatic rings. The van der Waals surface area contributed by atoms with Gasteiger partial charge < -0.3 is 19.8 Å². The molecule has 2 N–H and O–H groups in total. The number of urea groups is 1. The third kappa shape index (κ3) is 3.94. The van der Waals surface area contributed by atoms with Gasteiger partial charge in [-0.05, 0) is 56.0 Å². The van der Waals surface area contributed by atoms with Crippen molar-refractivity contribution in [2.45, 2.75) is 44.7 Å². The first-order valence-corrected chi connectivity index (χ1v) is 12.5. The number of carbonyl (C=O) groups is 2. The Hall–Kier alpha value is -3.10. The Labute approximate surface area is 205 Å². The second-order valence-electron chi connectivity index (χ2n) is 9.55. The molecule has 1 aliphatic carbocycles. The maximum atomic E-state index is 13.8. The van der Waals surface area contributed by atoms with E-state index in [1.165, 1.54) is 4.90 Å². The summed E-state index contributed by atoms with van der Waals surface area (Å²) in [6, 6.07) is 5.46. The summed E-state index contributed by atoms with van der Waals surface area (Å²) < 4.78 is 10.8. The van der Waals surface area contributed by atoms with Crippen molar-refractivity contribution in [1.29, 1.82) is 0 Å². The second kappa shape index (κ2) is 9.51. The molecule has 8 heteroatoms. The van der Waals surface area contributed by atoms with Crippen molar-refractivity contribution in [2.24, 2.45) is 0 Å². The highest BCUT2D eigenvalue weighted by Gasteiger charge is 2.60. The zero-order chi connectivity index (χ0) is 24.6. The number of carbonyl (C=O) groups excluding carboxylic acids is 2. The van der Waals surface area contributed by atoms with E-state index in [1.807, 2.05) is 36.9 Å². The molecule has 0 saturated carbocycles. The Kier molecular flexibility index (Phi) is 6.42. The van der Waals surface area contributed by atoms with E-state index in [0.717, 1.165) is 46.3 Å². The fourth-order valence-electron chi connectivity index (χ4n) is 5.62. The van der Waals surface area contributed by atoms with Crippen LogP contribution in [0.25, 0.3) is 10.9 Å². The quantitative estimate of drug-likeness (QED) is 0.424. The molecule has 0 spiro atoms. The van der Waals surface area contributed by atoms with E-state index < -0.39 is 5.54 Å². The lowest BCUT2D eigenvalue weighted by molar-refractivity contribution is -0.133. The van der Waals surface area contributed by atoms with Crippen LogP contribution >= 0.6 is 0 Å². The summed E-state index contributed by atoms with van der Waals surface area (Å²) in [6.45, 7) is 6.59. The van der Waals surface area contributed by atoms with Gasteiger partial charge >= 0.3 is 6.03 Å². The molecular formula is C27H34N4O4. The summed E-state index contributed by atoms with van der Waals surface area (Å²) in [6.07, 6.45) is 8.82. The highest BCUT2D eigenvalue weighted by molar-refractivity contribution is 6.08. The van der Waals surface area contributed by atoms with E-state index in [0.29, 0.717) is 39.3 Å². The Balaban J connectivity index is 1.56. The van der Waals surface area contributed by atoms with Gasteiger partial charge in [0.05, 0.1) is 19.3 Å². The van der Waals surface area contributed by atoms with Crippen molar-refractivity contribution < 1.29 is 19.1 Å². The van der Waals surface area contributed by atoms with Crippen molar-refractivity contribution in [2.75, 3.05) is 40.0 Å². The van der Waals surface area contributed by atoms with Gasteiger partial charge in [-0.3, -0.25) is 14.6 Å². The van der Waals surface area contributed by atoms with Gasteiger partial charge in [0.2, 0.25) is 0 Å². The first-order valence-electron chi connectivity index (χ1n) is 12.5. The lowest BCUT2D eigenvalue weighted by Crippen LogP contribution is -2.53. The number of amides is 3. The predicted octanol–water partition coefficient (Wildman–Crippen LogP) is 3.70.